The largest absolute Gasteiger partial charge is 0.370 e. The molecule has 0 bridgehead atoms. The number of fused-ring (bicyclic) bond motifs is 1. The van der Waals surface area contributed by atoms with Gasteiger partial charge in [0, 0.05) is 12.2 Å². The Hall–Kier alpha value is -1.25. The molecule has 5 heteroatoms. The first-order valence-electron chi connectivity index (χ1n) is 9.44. The molecule has 0 aromatic carbocycles. The quantitative estimate of drug-likeness (QED) is 0.746. The van der Waals surface area contributed by atoms with Crippen molar-refractivity contribution in [3.05, 3.63) is 16.7 Å². The van der Waals surface area contributed by atoms with Gasteiger partial charge >= 0.3 is 0 Å². The van der Waals surface area contributed by atoms with Crippen molar-refractivity contribution in [2.24, 2.45) is 5.92 Å². The van der Waals surface area contributed by atoms with Crippen LogP contribution in [0.25, 0.3) is 0 Å². The molecule has 0 aliphatic carbocycles. The maximum absolute atomic E-state index is 9.87. The fourth-order valence-electron chi connectivity index (χ4n) is 3.61. The van der Waals surface area contributed by atoms with Crippen molar-refractivity contribution < 1.29 is 9.72 Å². The number of ether oxygens (including phenoxy) is 1. The lowest BCUT2D eigenvalue weighted by Gasteiger charge is -2.33. The Balaban J connectivity index is 2.02. The Bertz CT molecular complexity index is 672. The molecule has 25 heavy (non-hydrogen) atoms. The van der Waals surface area contributed by atoms with Crippen LogP contribution in [0.2, 0.25) is 0 Å². The summed E-state index contributed by atoms with van der Waals surface area (Å²) >= 11 is 1.80. The molecule has 0 unspecified atom stereocenters. The van der Waals surface area contributed by atoms with Gasteiger partial charge in [-0.25, -0.2) is 4.98 Å². The van der Waals surface area contributed by atoms with Gasteiger partial charge in [0.2, 0.25) is 0 Å². The first-order valence-corrected chi connectivity index (χ1v) is 10.4. The number of nitriles is 1. The first kappa shape index (κ1) is 18.5. The van der Waals surface area contributed by atoms with Crippen LogP contribution in [-0.2, 0) is 17.8 Å². The lowest BCUT2D eigenvalue weighted by molar-refractivity contribution is -0.414. The first-order chi connectivity index (χ1) is 11.9. The number of aromatic nitrogens is 1. The number of thioether (sulfide) groups is 1. The van der Waals surface area contributed by atoms with Crippen molar-refractivity contribution in [2.45, 2.75) is 70.6 Å². The Morgan fingerprint density at radius 2 is 2.00 bits per heavy atom. The molecular formula is C20H30N3OS+. The summed E-state index contributed by atoms with van der Waals surface area (Å²) in [5, 5.41) is 10.9. The standard InChI is InChI=1S/C20H29N3OS/c1-14(2)7-10-25-19-16(12-21)15-11-20(3,4)24-13-17(15)18(22-19)23-8-5-6-9-23/h14H,5-11,13H2,1-4H3/p+1. The van der Waals surface area contributed by atoms with Crippen molar-refractivity contribution in [1.82, 2.24) is 0 Å². The van der Waals surface area contributed by atoms with Crippen molar-refractivity contribution in [1.29, 1.82) is 5.26 Å². The van der Waals surface area contributed by atoms with Crippen molar-refractivity contribution in [3.8, 4) is 6.07 Å². The van der Waals surface area contributed by atoms with E-state index in [0.29, 0.717) is 12.5 Å². The Kier molecular flexibility index (Phi) is 5.60. The Morgan fingerprint density at radius 1 is 1.28 bits per heavy atom. The molecular weight excluding hydrogens is 330 g/mol. The molecule has 2 aliphatic heterocycles. The molecule has 0 atom stereocenters. The summed E-state index contributed by atoms with van der Waals surface area (Å²) in [6, 6.07) is 2.49. The zero-order valence-electron chi connectivity index (χ0n) is 15.9. The molecule has 2 aliphatic rings. The molecule has 4 nitrogen and oxygen atoms in total. The summed E-state index contributed by atoms with van der Waals surface area (Å²) in [6.45, 7) is 11.5. The number of pyridine rings is 1. The van der Waals surface area contributed by atoms with Gasteiger partial charge in [0.15, 0.2) is 5.03 Å². The van der Waals surface area contributed by atoms with Gasteiger partial charge in [-0.05, 0) is 44.6 Å². The summed E-state index contributed by atoms with van der Waals surface area (Å²) in [6.07, 6.45) is 4.45. The van der Waals surface area contributed by atoms with Crippen LogP contribution in [0.4, 0.5) is 5.82 Å². The predicted molar refractivity (Wildman–Crippen MR) is 102 cm³/mol. The van der Waals surface area contributed by atoms with Gasteiger partial charge in [0.25, 0.3) is 5.82 Å². The molecule has 0 radical (unpaired) electrons. The van der Waals surface area contributed by atoms with Crippen LogP contribution >= 0.6 is 11.8 Å². The highest BCUT2D eigenvalue weighted by atomic mass is 32.2. The molecule has 3 heterocycles. The summed E-state index contributed by atoms with van der Waals surface area (Å²) in [4.78, 5) is 6.06. The van der Waals surface area contributed by atoms with E-state index in [1.54, 1.807) is 11.8 Å². The second kappa shape index (κ2) is 7.55. The fraction of sp³-hybridized carbons (Fsp3) is 0.700. The maximum Gasteiger partial charge on any atom is 0.281 e. The molecule has 1 aromatic heterocycles. The number of aromatic amines is 1. The normalized spacial score (nSPS) is 19.1. The molecule has 0 amide bonds. The topological polar surface area (TPSA) is 50.4 Å². The van der Waals surface area contributed by atoms with E-state index in [2.05, 4.69) is 43.6 Å². The van der Waals surface area contributed by atoms with E-state index in [1.807, 2.05) is 0 Å². The van der Waals surface area contributed by atoms with E-state index in [1.165, 1.54) is 29.8 Å². The van der Waals surface area contributed by atoms with Gasteiger partial charge in [-0.3, -0.25) is 4.90 Å². The number of anilines is 1. The third-order valence-electron chi connectivity index (χ3n) is 5.10. The number of hydrogen-bond donors (Lipinski definition) is 0. The second-order valence-electron chi connectivity index (χ2n) is 8.20. The minimum Gasteiger partial charge on any atom is -0.370 e. The predicted octanol–water partition coefficient (Wildman–Crippen LogP) is 3.96. The van der Waals surface area contributed by atoms with Crippen LogP contribution in [0.3, 0.4) is 0 Å². The summed E-state index contributed by atoms with van der Waals surface area (Å²) in [5.41, 5.74) is 3.03. The Morgan fingerprint density at radius 3 is 2.64 bits per heavy atom. The van der Waals surface area contributed by atoms with Gasteiger partial charge in [-0.1, -0.05) is 25.6 Å². The molecule has 136 valence electrons. The average Bonchev–Trinajstić information content (AvgIpc) is 3.07. The molecule has 1 N–H and O–H groups in total. The third kappa shape index (κ3) is 4.12. The van der Waals surface area contributed by atoms with Gasteiger partial charge in [0.05, 0.1) is 30.9 Å². The number of hydrogen-bond acceptors (Lipinski definition) is 4. The number of H-pyrrole nitrogens is 1. The smallest absolute Gasteiger partial charge is 0.281 e. The lowest BCUT2D eigenvalue weighted by Crippen LogP contribution is -2.37. The van der Waals surface area contributed by atoms with Crippen molar-refractivity contribution in [3.63, 3.8) is 0 Å². The van der Waals surface area contributed by atoms with E-state index >= 15 is 0 Å². The van der Waals surface area contributed by atoms with Crippen LogP contribution < -0.4 is 9.88 Å². The van der Waals surface area contributed by atoms with Gasteiger partial charge in [-0.15, -0.1) is 0 Å². The van der Waals surface area contributed by atoms with E-state index < -0.39 is 0 Å². The number of rotatable bonds is 5. The number of nitrogens with one attached hydrogen (secondary N) is 1. The van der Waals surface area contributed by atoms with Crippen molar-refractivity contribution >= 4 is 17.6 Å². The lowest BCUT2D eigenvalue weighted by atomic mass is 9.89. The zero-order chi connectivity index (χ0) is 18.0. The van der Waals surface area contributed by atoms with Crippen LogP contribution in [-0.4, -0.2) is 24.4 Å². The van der Waals surface area contributed by atoms with Crippen LogP contribution in [0.1, 0.15) is 63.6 Å². The van der Waals surface area contributed by atoms with Crippen molar-refractivity contribution in [2.75, 3.05) is 23.7 Å². The van der Waals surface area contributed by atoms with E-state index in [0.717, 1.165) is 42.3 Å². The summed E-state index contributed by atoms with van der Waals surface area (Å²) < 4.78 is 6.08. The average molecular weight is 361 g/mol. The van der Waals surface area contributed by atoms with E-state index in [9.17, 15) is 5.26 Å². The van der Waals surface area contributed by atoms with Gasteiger partial charge in [-0.2, -0.15) is 5.26 Å². The SMILES string of the molecule is CC(C)CCSc1[nH+]c(N2CCCC2)c2c(c1C#N)CC(C)(C)OC2. The van der Waals surface area contributed by atoms with Gasteiger partial charge in [0.1, 0.15) is 11.6 Å². The molecule has 3 rings (SSSR count). The zero-order valence-corrected chi connectivity index (χ0v) is 16.8. The highest BCUT2D eigenvalue weighted by Gasteiger charge is 2.36. The molecule has 0 saturated carbocycles. The maximum atomic E-state index is 9.87. The fourth-order valence-corrected chi connectivity index (χ4v) is 4.88. The molecule has 1 fully saturated rings. The monoisotopic (exact) mass is 360 g/mol. The summed E-state index contributed by atoms with van der Waals surface area (Å²) in [7, 11) is 0. The minimum absolute atomic E-state index is 0.206. The summed E-state index contributed by atoms with van der Waals surface area (Å²) in [5.74, 6) is 2.91. The second-order valence-corrected chi connectivity index (χ2v) is 9.30. The minimum atomic E-state index is -0.206. The van der Waals surface area contributed by atoms with Crippen LogP contribution in [0.15, 0.2) is 5.03 Å². The van der Waals surface area contributed by atoms with Gasteiger partial charge < -0.3 is 4.74 Å². The number of nitrogens with zero attached hydrogens (tertiary/aromatic N) is 2. The molecule has 1 aromatic rings. The van der Waals surface area contributed by atoms with E-state index in [4.69, 9.17) is 4.74 Å². The molecule has 1 saturated heterocycles. The highest BCUT2D eigenvalue weighted by molar-refractivity contribution is 7.99. The Labute approximate surface area is 156 Å². The van der Waals surface area contributed by atoms with Crippen LogP contribution in [0.5, 0.6) is 0 Å². The third-order valence-corrected chi connectivity index (χ3v) is 6.13. The molecule has 0 spiro atoms. The van der Waals surface area contributed by atoms with Crippen LogP contribution in [0, 0.1) is 17.2 Å². The van der Waals surface area contributed by atoms with E-state index in [-0.39, 0.29) is 5.60 Å². The highest BCUT2D eigenvalue weighted by Crippen LogP contribution is 2.37.